The summed E-state index contributed by atoms with van der Waals surface area (Å²) in [5, 5.41) is 10.9. The molecule has 1 aromatic heterocycles. The smallest absolute Gasteiger partial charge is 0.338 e. The van der Waals surface area contributed by atoms with Crippen molar-refractivity contribution in [1.29, 1.82) is 0 Å². The topological polar surface area (TPSA) is 89.2 Å². The number of carbonyl (C=O) groups excluding carboxylic acids is 1. The molecule has 1 heterocycles. The number of benzene rings is 3. The van der Waals surface area contributed by atoms with E-state index in [2.05, 4.69) is 0 Å². The molecule has 0 aliphatic rings. The molecule has 0 saturated carbocycles. The largest absolute Gasteiger partial charge is 0.507 e. The molecule has 35 heavy (non-hydrogen) atoms. The average molecular weight is 474 g/mol. The lowest BCUT2D eigenvalue weighted by Gasteiger charge is -2.19. The number of phenolic OH excluding ortho intramolecular Hbond substituents is 1. The minimum absolute atomic E-state index is 0.0515. The first-order chi connectivity index (χ1) is 16.9. The summed E-state index contributed by atoms with van der Waals surface area (Å²) in [5.74, 6) is 0.354. The Morgan fingerprint density at radius 3 is 2.40 bits per heavy atom. The van der Waals surface area contributed by atoms with Crippen molar-refractivity contribution < 1.29 is 23.8 Å². The van der Waals surface area contributed by atoms with Gasteiger partial charge in [-0.15, -0.1) is 0 Å². The summed E-state index contributed by atoms with van der Waals surface area (Å²) in [4.78, 5) is 27.2. The third kappa shape index (κ3) is 5.36. The summed E-state index contributed by atoms with van der Waals surface area (Å²) >= 11 is 0. The lowest BCUT2D eigenvalue weighted by molar-refractivity contribution is 0.0526. The molecule has 4 aromatic rings. The summed E-state index contributed by atoms with van der Waals surface area (Å²) in [5.41, 5.74) is 2.05. The van der Waals surface area contributed by atoms with E-state index in [0.29, 0.717) is 40.9 Å². The molecule has 0 aliphatic heterocycles. The third-order valence-electron chi connectivity index (χ3n) is 5.57. The van der Waals surface area contributed by atoms with Crippen molar-refractivity contribution >= 4 is 16.9 Å². The van der Waals surface area contributed by atoms with E-state index in [9.17, 15) is 14.7 Å². The molecule has 0 amide bonds. The molecule has 0 bridgehead atoms. The van der Waals surface area contributed by atoms with E-state index in [0.717, 1.165) is 5.56 Å². The maximum atomic E-state index is 13.3. The minimum Gasteiger partial charge on any atom is -0.507 e. The van der Waals surface area contributed by atoms with Gasteiger partial charge >= 0.3 is 5.97 Å². The second-order valence-electron chi connectivity index (χ2n) is 8.26. The SMILES string of the molecule is CCOC(=O)c1ccc(Oc2c(C)oc3c(CN(C)Cc4ccccc4)c(O)ccc3c2=O)cc1. The first-order valence-electron chi connectivity index (χ1n) is 11.3. The van der Waals surface area contributed by atoms with Crippen LogP contribution in [0.2, 0.25) is 0 Å². The molecule has 0 aliphatic carbocycles. The summed E-state index contributed by atoms with van der Waals surface area (Å²) < 4.78 is 16.8. The molecule has 7 heteroatoms. The Bertz CT molecular complexity index is 1390. The molecule has 0 fully saturated rings. The van der Waals surface area contributed by atoms with Gasteiger partial charge in [0.2, 0.25) is 11.2 Å². The second-order valence-corrected chi connectivity index (χ2v) is 8.26. The molecule has 0 atom stereocenters. The number of hydrogen-bond donors (Lipinski definition) is 1. The fraction of sp³-hybridized carbons (Fsp3) is 0.214. The van der Waals surface area contributed by atoms with Crippen LogP contribution in [-0.2, 0) is 17.8 Å². The molecule has 1 N–H and O–H groups in total. The van der Waals surface area contributed by atoms with Gasteiger partial charge in [-0.25, -0.2) is 4.79 Å². The van der Waals surface area contributed by atoms with Gasteiger partial charge < -0.3 is 19.0 Å². The zero-order chi connectivity index (χ0) is 24.9. The number of aryl methyl sites for hydroxylation is 1. The van der Waals surface area contributed by atoms with E-state index in [1.807, 2.05) is 42.3 Å². The Kier molecular flexibility index (Phi) is 7.17. The van der Waals surface area contributed by atoms with Gasteiger partial charge in [0.05, 0.1) is 23.1 Å². The number of nitrogens with zero attached hydrogens (tertiary/aromatic N) is 1. The Morgan fingerprint density at radius 2 is 1.71 bits per heavy atom. The van der Waals surface area contributed by atoms with Crippen LogP contribution in [-0.4, -0.2) is 29.6 Å². The van der Waals surface area contributed by atoms with Gasteiger partial charge in [0, 0.05) is 13.1 Å². The van der Waals surface area contributed by atoms with E-state index in [1.54, 1.807) is 38.1 Å². The Morgan fingerprint density at radius 1 is 1.00 bits per heavy atom. The predicted molar refractivity (Wildman–Crippen MR) is 133 cm³/mol. The Labute approximate surface area is 203 Å². The first kappa shape index (κ1) is 24.0. The van der Waals surface area contributed by atoms with Crippen LogP contribution in [0.4, 0.5) is 0 Å². The quantitative estimate of drug-likeness (QED) is 0.342. The van der Waals surface area contributed by atoms with Crippen molar-refractivity contribution in [1.82, 2.24) is 4.90 Å². The molecular formula is C28H27NO6. The number of ether oxygens (including phenoxy) is 2. The zero-order valence-corrected chi connectivity index (χ0v) is 19.9. The Balaban J connectivity index is 1.63. The van der Waals surface area contributed by atoms with Gasteiger partial charge in [0.15, 0.2) is 0 Å². The van der Waals surface area contributed by atoms with Crippen LogP contribution in [0, 0.1) is 6.92 Å². The number of phenols is 1. The van der Waals surface area contributed by atoms with E-state index in [-0.39, 0.29) is 29.3 Å². The van der Waals surface area contributed by atoms with E-state index < -0.39 is 5.97 Å². The maximum absolute atomic E-state index is 13.3. The molecule has 3 aromatic carbocycles. The normalized spacial score (nSPS) is 11.1. The van der Waals surface area contributed by atoms with Crippen LogP contribution in [0.25, 0.3) is 11.0 Å². The molecule has 0 unspecified atom stereocenters. The summed E-state index contributed by atoms with van der Waals surface area (Å²) in [6, 6.07) is 19.4. The summed E-state index contributed by atoms with van der Waals surface area (Å²) in [6.45, 7) is 4.72. The average Bonchev–Trinajstić information content (AvgIpc) is 2.85. The lowest BCUT2D eigenvalue weighted by Crippen LogP contribution is -2.18. The van der Waals surface area contributed by atoms with Crippen molar-refractivity contribution in [3.05, 3.63) is 99.4 Å². The minimum atomic E-state index is -0.426. The standard InChI is InChI=1S/C28H27NO6/c1-4-33-28(32)20-10-12-21(13-11-20)35-26-18(2)34-27-22(25(26)31)14-15-24(30)23(27)17-29(3)16-19-8-6-5-7-9-19/h5-15,30H,4,16-17H2,1-3H3. The second kappa shape index (κ2) is 10.4. The number of hydrogen-bond acceptors (Lipinski definition) is 7. The van der Waals surface area contributed by atoms with Crippen molar-refractivity contribution in [3.8, 4) is 17.2 Å². The fourth-order valence-electron chi connectivity index (χ4n) is 3.88. The highest BCUT2D eigenvalue weighted by atomic mass is 16.5. The fourth-order valence-corrected chi connectivity index (χ4v) is 3.88. The van der Waals surface area contributed by atoms with Gasteiger partial charge in [-0.3, -0.25) is 9.69 Å². The van der Waals surface area contributed by atoms with Gasteiger partial charge in [0.1, 0.15) is 22.8 Å². The van der Waals surface area contributed by atoms with Gasteiger partial charge in [-0.2, -0.15) is 0 Å². The molecule has 180 valence electrons. The summed E-state index contributed by atoms with van der Waals surface area (Å²) in [7, 11) is 1.94. The highest BCUT2D eigenvalue weighted by molar-refractivity contribution is 5.89. The van der Waals surface area contributed by atoms with Crippen molar-refractivity contribution in [2.45, 2.75) is 26.9 Å². The number of fused-ring (bicyclic) bond motifs is 1. The number of esters is 1. The van der Waals surface area contributed by atoms with Crippen LogP contribution in [0.15, 0.2) is 75.9 Å². The van der Waals surface area contributed by atoms with E-state index >= 15 is 0 Å². The number of rotatable bonds is 8. The molecule has 0 saturated heterocycles. The maximum Gasteiger partial charge on any atom is 0.338 e. The highest BCUT2D eigenvalue weighted by Gasteiger charge is 2.19. The molecule has 7 nitrogen and oxygen atoms in total. The zero-order valence-electron chi connectivity index (χ0n) is 19.9. The van der Waals surface area contributed by atoms with Crippen molar-refractivity contribution in [3.63, 3.8) is 0 Å². The van der Waals surface area contributed by atoms with Crippen LogP contribution in [0.5, 0.6) is 17.2 Å². The van der Waals surface area contributed by atoms with Crippen LogP contribution in [0.3, 0.4) is 0 Å². The van der Waals surface area contributed by atoms with Crippen molar-refractivity contribution in [2.75, 3.05) is 13.7 Å². The monoisotopic (exact) mass is 473 g/mol. The molecule has 4 rings (SSSR count). The number of aromatic hydroxyl groups is 1. The van der Waals surface area contributed by atoms with E-state index in [1.165, 1.54) is 12.1 Å². The molecular weight excluding hydrogens is 446 g/mol. The highest BCUT2D eigenvalue weighted by Crippen LogP contribution is 2.32. The van der Waals surface area contributed by atoms with Crippen molar-refractivity contribution in [2.24, 2.45) is 0 Å². The van der Waals surface area contributed by atoms with Gasteiger partial charge in [-0.05, 0) is 62.9 Å². The molecule has 0 radical (unpaired) electrons. The summed E-state index contributed by atoms with van der Waals surface area (Å²) in [6.07, 6.45) is 0. The van der Waals surface area contributed by atoms with E-state index in [4.69, 9.17) is 13.9 Å². The van der Waals surface area contributed by atoms with Crippen LogP contribution < -0.4 is 10.2 Å². The predicted octanol–water partition coefficient (Wildman–Crippen LogP) is 5.41. The Hall–Kier alpha value is -4.10. The van der Waals surface area contributed by atoms with Gasteiger partial charge in [-0.1, -0.05) is 30.3 Å². The molecule has 0 spiro atoms. The third-order valence-corrected chi connectivity index (χ3v) is 5.57. The number of carbonyl (C=O) groups is 1. The van der Waals surface area contributed by atoms with Gasteiger partial charge in [0.25, 0.3) is 0 Å². The van der Waals surface area contributed by atoms with Crippen LogP contribution in [0.1, 0.15) is 34.2 Å². The lowest BCUT2D eigenvalue weighted by atomic mass is 10.1. The first-order valence-corrected chi connectivity index (χ1v) is 11.3. The van der Waals surface area contributed by atoms with Crippen LogP contribution >= 0.6 is 0 Å².